The highest BCUT2D eigenvalue weighted by molar-refractivity contribution is 5.95. The van der Waals surface area contributed by atoms with Crippen molar-refractivity contribution in [2.24, 2.45) is 0 Å². The Morgan fingerprint density at radius 2 is 2.04 bits per heavy atom. The molecule has 0 radical (unpaired) electrons. The van der Waals surface area contributed by atoms with Gasteiger partial charge >= 0.3 is 6.18 Å². The first-order chi connectivity index (χ1) is 10.8. The molecule has 0 aromatic heterocycles. The molecule has 2 amide bonds. The maximum Gasteiger partial charge on any atom is 0.416 e. The third kappa shape index (κ3) is 4.58. The fraction of sp³-hybridized carbons (Fsp3) is 0.375. The van der Waals surface area contributed by atoms with Gasteiger partial charge in [-0.3, -0.25) is 9.59 Å². The first kappa shape index (κ1) is 17.1. The molecule has 0 spiro atoms. The van der Waals surface area contributed by atoms with Crippen LogP contribution in [-0.2, 0) is 15.8 Å². The summed E-state index contributed by atoms with van der Waals surface area (Å²) in [6.07, 6.45) is -2.88. The second-order valence-corrected chi connectivity index (χ2v) is 5.33. The van der Waals surface area contributed by atoms with E-state index in [1.807, 2.05) is 0 Å². The topological polar surface area (TPSA) is 49.4 Å². The van der Waals surface area contributed by atoms with E-state index in [0.717, 1.165) is 12.1 Å². The summed E-state index contributed by atoms with van der Waals surface area (Å²) in [6, 6.07) is 4.85. The van der Waals surface area contributed by atoms with E-state index in [2.05, 4.69) is 5.32 Å². The number of amides is 2. The molecule has 0 aliphatic carbocycles. The summed E-state index contributed by atoms with van der Waals surface area (Å²) in [7, 11) is 0. The fourth-order valence-electron chi connectivity index (χ4n) is 2.29. The monoisotopic (exact) mass is 326 g/mol. The summed E-state index contributed by atoms with van der Waals surface area (Å²) in [5, 5.41) is 2.66. The van der Waals surface area contributed by atoms with E-state index in [0.29, 0.717) is 30.8 Å². The Bertz CT molecular complexity index is 638. The maximum atomic E-state index is 12.7. The molecule has 2 rings (SSSR count). The second kappa shape index (κ2) is 6.85. The quantitative estimate of drug-likeness (QED) is 0.849. The number of hydrogen-bond donors (Lipinski definition) is 1. The average Bonchev–Trinajstić information content (AvgIpc) is 2.71. The van der Waals surface area contributed by atoms with Gasteiger partial charge in [-0.1, -0.05) is 12.1 Å². The number of allylic oxidation sites excluding steroid dienone is 1. The number of alkyl halides is 3. The lowest BCUT2D eigenvalue weighted by Gasteiger charge is -2.18. The van der Waals surface area contributed by atoms with Crippen LogP contribution >= 0.6 is 0 Å². The van der Waals surface area contributed by atoms with Crippen molar-refractivity contribution in [1.29, 1.82) is 0 Å². The van der Waals surface area contributed by atoms with Gasteiger partial charge in [0.1, 0.15) is 0 Å². The van der Waals surface area contributed by atoms with E-state index < -0.39 is 11.7 Å². The summed E-state index contributed by atoms with van der Waals surface area (Å²) < 4.78 is 38.2. The molecule has 23 heavy (non-hydrogen) atoms. The van der Waals surface area contributed by atoms with Gasteiger partial charge in [-0.25, -0.2) is 0 Å². The third-order valence-electron chi connectivity index (χ3n) is 3.61. The van der Waals surface area contributed by atoms with Crippen LogP contribution in [0.3, 0.4) is 0 Å². The zero-order chi connectivity index (χ0) is 17.0. The molecule has 1 heterocycles. The smallest absolute Gasteiger partial charge is 0.354 e. The van der Waals surface area contributed by atoms with Crippen molar-refractivity contribution in [2.45, 2.75) is 19.5 Å². The highest BCUT2D eigenvalue weighted by Gasteiger charge is 2.30. The third-order valence-corrected chi connectivity index (χ3v) is 3.61. The highest BCUT2D eigenvalue weighted by Crippen LogP contribution is 2.30. The minimum absolute atomic E-state index is 0.112. The summed E-state index contributed by atoms with van der Waals surface area (Å²) in [6.45, 7) is 2.66. The van der Waals surface area contributed by atoms with Crippen molar-refractivity contribution in [3.05, 3.63) is 41.5 Å². The van der Waals surface area contributed by atoms with E-state index in [1.54, 1.807) is 6.92 Å². The lowest BCUT2D eigenvalue weighted by atomic mass is 10.0. The summed E-state index contributed by atoms with van der Waals surface area (Å²) in [4.78, 5) is 25.0. The number of rotatable bonds is 2. The molecule has 0 atom stereocenters. The van der Waals surface area contributed by atoms with Gasteiger partial charge in [0.2, 0.25) is 11.8 Å². The molecule has 1 N–H and O–H groups in total. The van der Waals surface area contributed by atoms with Crippen molar-refractivity contribution < 1.29 is 22.8 Å². The van der Waals surface area contributed by atoms with Crippen LogP contribution in [0, 0.1) is 0 Å². The molecular formula is C16H17F3N2O2. The number of hydrogen-bond acceptors (Lipinski definition) is 2. The molecule has 1 saturated heterocycles. The molecule has 0 saturated carbocycles. The molecule has 1 aromatic carbocycles. The van der Waals surface area contributed by atoms with Gasteiger partial charge in [-0.15, -0.1) is 0 Å². The maximum absolute atomic E-state index is 12.7. The van der Waals surface area contributed by atoms with Crippen LogP contribution in [0.15, 0.2) is 30.3 Å². The van der Waals surface area contributed by atoms with Gasteiger partial charge in [0.25, 0.3) is 0 Å². The molecule has 1 aliphatic heterocycles. The summed E-state index contributed by atoms with van der Waals surface area (Å²) in [5.41, 5.74) is 0.0431. The Hall–Kier alpha value is -2.31. The number of carbonyl (C=O) groups is 2. The lowest BCUT2D eigenvalue weighted by molar-refractivity contribution is -0.137. The van der Waals surface area contributed by atoms with Crippen LogP contribution in [0.2, 0.25) is 0 Å². The molecule has 4 nitrogen and oxygen atoms in total. The minimum Gasteiger partial charge on any atom is -0.354 e. The lowest BCUT2D eigenvalue weighted by Crippen LogP contribution is -2.33. The number of nitrogens with one attached hydrogen (secondary N) is 1. The SMILES string of the molecule is C/C(=C\C(=O)N1CCNC(=O)CC1)c1cccc(C(F)(F)F)c1. The van der Waals surface area contributed by atoms with Gasteiger partial charge < -0.3 is 10.2 Å². The molecule has 1 fully saturated rings. The number of benzene rings is 1. The molecule has 1 aliphatic rings. The second-order valence-electron chi connectivity index (χ2n) is 5.33. The zero-order valence-electron chi connectivity index (χ0n) is 12.6. The largest absolute Gasteiger partial charge is 0.416 e. The van der Waals surface area contributed by atoms with Crippen LogP contribution in [0.5, 0.6) is 0 Å². The van der Waals surface area contributed by atoms with Crippen molar-refractivity contribution in [1.82, 2.24) is 10.2 Å². The van der Waals surface area contributed by atoms with Gasteiger partial charge in [0.15, 0.2) is 0 Å². The van der Waals surface area contributed by atoms with E-state index in [9.17, 15) is 22.8 Å². The Labute approximate surface area is 132 Å². The van der Waals surface area contributed by atoms with Crippen LogP contribution in [0.25, 0.3) is 5.57 Å². The van der Waals surface area contributed by atoms with E-state index in [4.69, 9.17) is 0 Å². The molecule has 7 heteroatoms. The predicted octanol–water partition coefficient (Wildman–Crippen LogP) is 2.46. The first-order valence-electron chi connectivity index (χ1n) is 7.19. The molecule has 0 bridgehead atoms. The van der Waals surface area contributed by atoms with Crippen molar-refractivity contribution in [3.8, 4) is 0 Å². The van der Waals surface area contributed by atoms with Gasteiger partial charge in [0, 0.05) is 32.1 Å². The zero-order valence-corrected chi connectivity index (χ0v) is 12.6. The van der Waals surface area contributed by atoms with Crippen LogP contribution in [0.1, 0.15) is 24.5 Å². The Kier molecular flexibility index (Phi) is 5.08. The molecule has 0 unspecified atom stereocenters. The van der Waals surface area contributed by atoms with Gasteiger partial charge in [-0.2, -0.15) is 13.2 Å². The summed E-state index contributed by atoms with van der Waals surface area (Å²) >= 11 is 0. The molecule has 124 valence electrons. The standard InChI is InChI=1S/C16H17F3N2O2/c1-11(12-3-2-4-13(10-12)16(17,18)19)9-15(23)21-7-5-14(22)20-6-8-21/h2-4,9-10H,5-8H2,1H3,(H,20,22)/b11-9+. The van der Waals surface area contributed by atoms with E-state index in [1.165, 1.54) is 23.1 Å². The Balaban J connectivity index is 2.15. The number of halogens is 3. The van der Waals surface area contributed by atoms with Crippen LogP contribution < -0.4 is 5.32 Å². The van der Waals surface area contributed by atoms with Gasteiger partial charge in [-0.05, 0) is 30.2 Å². The van der Waals surface area contributed by atoms with Crippen molar-refractivity contribution in [2.75, 3.05) is 19.6 Å². The summed E-state index contributed by atoms with van der Waals surface area (Å²) in [5.74, 6) is -0.421. The highest BCUT2D eigenvalue weighted by atomic mass is 19.4. The van der Waals surface area contributed by atoms with E-state index >= 15 is 0 Å². The minimum atomic E-state index is -4.42. The van der Waals surface area contributed by atoms with Crippen LogP contribution in [0.4, 0.5) is 13.2 Å². The van der Waals surface area contributed by atoms with Crippen LogP contribution in [-0.4, -0.2) is 36.3 Å². The fourth-order valence-corrected chi connectivity index (χ4v) is 2.29. The normalized spacial score (nSPS) is 16.8. The Morgan fingerprint density at radius 3 is 2.74 bits per heavy atom. The van der Waals surface area contributed by atoms with Gasteiger partial charge in [0.05, 0.1) is 5.56 Å². The van der Waals surface area contributed by atoms with E-state index in [-0.39, 0.29) is 18.2 Å². The Morgan fingerprint density at radius 1 is 1.30 bits per heavy atom. The average molecular weight is 326 g/mol. The van der Waals surface area contributed by atoms with Crippen molar-refractivity contribution >= 4 is 17.4 Å². The number of nitrogens with zero attached hydrogens (tertiary/aromatic N) is 1. The first-order valence-corrected chi connectivity index (χ1v) is 7.19. The number of carbonyl (C=O) groups excluding carboxylic acids is 2. The van der Waals surface area contributed by atoms with Crippen molar-refractivity contribution in [3.63, 3.8) is 0 Å². The predicted molar refractivity (Wildman–Crippen MR) is 79.3 cm³/mol. The molecular weight excluding hydrogens is 309 g/mol. The molecule has 1 aromatic rings.